The number of benzene rings is 2. The van der Waals surface area contributed by atoms with Crippen LogP contribution in [-0.2, 0) is 35.5 Å². The van der Waals surface area contributed by atoms with Crippen LogP contribution in [0.2, 0.25) is 0 Å². The largest absolute Gasteiger partial charge is 0.486 e. The fourth-order valence-electron chi connectivity index (χ4n) is 4.70. The summed E-state index contributed by atoms with van der Waals surface area (Å²) in [6.07, 6.45) is 2.23. The molecule has 0 fully saturated rings. The van der Waals surface area contributed by atoms with E-state index in [1.54, 1.807) is 27.8 Å². The van der Waals surface area contributed by atoms with Crippen molar-refractivity contribution in [2.75, 3.05) is 20.2 Å². The third-order valence-electron chi connectivity index (χ3n) is 6.61. The Hall–Kier alpha value is -4.46. The van der Waals surface area contributed by atoms with Gasteiger partial charge in [-0.1, -0.05) is 48.5 Å². The van der Waals surface area contributed by atoms with Crippen molar-refractivity contribution in [2.24, 2.45) is 0 Å². The highest BCUT2D eigenvalue weighted by Crippen LogP contribution is 2.25. The minimum Gasteiger partial charge on any atom is -0.486 e. The quantitative estimate of drug-likeness (QED) is 0.380. The maximum absolute atomic E-state index is 13.2. The van der Waals surface area contributed by atoms with Crippen LogP contribution >= 0.6 is 0 Å². The lowest BCUT2D eigenvalue weighted by Crippen LogP contribution is -2.35. The zero-order chi connectivity index (χ0) is 25.8. The summed E-state index contributed by atoms with van der Waals surface area (Å²) in [5.41, 5.74) is 2.03. The highest BCUT2D eigenvalue weighted by molar-refractivity contribution is 5.93. The number of methoxy groups -OCH3 is 1. The molecule has 0 saturated carbocycles. The first-order chi connectivity index (χ1) is 18.0. The SMILES string of the molecule is COC(=O)c1c(OCc2ccccn2)cc(=O)n2c1CCN(C(=O)Cc1ccc3ccccc3c1)CC2. The Labute approximate surface area is 214 Å². The van der Waals surface area contributed by atoms with Gasteiger partial charge in [-0.3, -0.25) is 14.6 Å². The molecule has 0 N–H and O–H groups in total. The number of carbonyl (C=O) groups is 2. The van der Waals surface area contributed by atoms with Gasteiger partial charge in [-0.25, -0.2) is 4.79 Å². The normalized spacial score (nSPS) is 13.1. The van der Waals surface area contributed by atoms with Gasteiger partial charge < -0.3 is 18.9 Å². The fraction of sp³-hybridized carbons (Fsp3) is 0.241. The van der Waals surface area contributed by atoms with Gasteiger partial charge in [0, 0.05) is 44.0 Å². The Morgan fingerprint density at radius 2 is 1.76 bits per heavy atom. The third-order valence-corrected chi connectivity index (χ3v) is 6.61. The molecule has 0 radical (unpaired) electrons. The van der Waals surface area contributed by atoms with Crippen molar-refractivity contribution in [3.63, 3.8) is 0 Å². The van der Waals surface area contributed by atoms with E-state index in [-0.39, 0.29) is 42.4 Å². The highest BCUT2D eigenvalue weighted by Gasteiger charge is 2.27. The number of pyridine rings is 2. The molecule has 1 aliphatic heterocycles. The molecule has 0 unspecified atom stereocenters. The molecule has 8 heteroatoms. The zero-order valence-corrected chi connectivity index (χ0v) is 20.6. The second kappa shape index (κ2) is 10.7. The molecule has 1 aliphatic rings. The monoisotopic (exact) mass is 497 g/mol. The van der Waals surface area contributed by atoms with Crippen molar-refractivity contribution in [2.45, 2.75) is 26.0 Å². The summed E-state index contributed by atoms with van der Waals surface area (Å²) in [6, 6.07) is 20.8. The Bertz CT molecular complexity index is 1510. The molecule has 37 heavy (non-hydrogen) atoms. The lowest BCUT2D eigenvalue weighted by Gasteiger charge is -2.20. The van der Waals surface area contributed by atoms with Crippen LogP contribution in [0, 0.1) is 0 Å². The van der Waals surface area contributed by atoms with Gasteiger partial charge in [0.05, 0.1) is 19.2 Å². The molecule has 3 heterocycles. The maximum Gasteiger partial charge on any atom is 0.343 e. The van der Waals surface area contributed by atoms with Crippen LogP contribution in [-0.4, -0.2) is 46.5 Å². The molecule has 2 aromatic carbocycles. The molecule has 0 atom stereocenters. The summed E-state index contributed by atoms with van der Waals surface area (Å²) >= 11 is 0. The van der Waals surface area contributed by atoms with Gasteiger partial charge in [0.15, 0.2) is 0 Å². The Balaban J connectivity index is 1.37. The lowest BCUT2D eigenvalue weighted by molar-refractivity contribution is -0.130. The van der Waals surface area contributed by atoms with Crippen molar-refractivity contribution in [1.82, 2.24) is 14.5 Å². The Morgan fingerprint density at radius 3 is 2.54 bits per heavy atom. The Kier molecular flexibility index (Phi) is 6.98. The summed E-state index contributed by atoms with van der Waals surface area (Å²) < 4.78 is 12.4. The van der Waals surface area contributed by atoms with Crippen molar-refractivity contribution in [3.8, 4) is 5.75 Å². The molecule has 8 nitrogen and oxygen atoms in total. The van der Waals surface area contributed by atoms with E-state index >= 15 is 0 Å². The number of aromatic nitrogens is 2. The highest BCUT2D eigenvalue weighted by atomic mass is 16.5. The Morgan fingerprint density at radius 1 is 0.946 bits per heavy atom. The van der Waals surface area contributed by atoms with E-state index in [4.69, 9.17) is 9.47 Å². The summed E-state index contributed by atoms with van der Waals surface area (Å²) in [7, 11) is 1.29. The van der Waals surface area contributed by atoms with Gasteiger partial charge in [0.2, 0.25) is 5.91 Å². The minimum absolute atomic E-state index is 0.0256. The van der Waals surface area contributed by atoms with Crippen molar-refractivity contribution in [3.05, 3.63) is 106 Å². The van der Waals surface area contributed by atoms with Crippen molar-refractivity contribution in [1.29, 1.82) is 0 Å². The average molecular weight is 498 g/mol. The molecule has 0 spiro atoms. The molecular formula is C29H27N3O5. The van der Waals surface area contributed by atoms with Crippen LogP contribution < -0.4 is 10.3 Å². The summed E-state index contributed by atoms with van der Waals surface area (Å²) in [4.78, 5) is 45.0. The van der Waals surface area contributed by atoms with Crippen LogP contribution in [0.5, 0.6) is 5.75 Å². The van der Waals surface area contributed by atoms with E-state index in [2.05, 4.69) is 4.98 Å². The van der Waals surface area contributed by atoms with Gasteiger partial charge in [-0.15, -0.1) is 0 Å². The van der Waals surface area contributed by atoms with Gasteiger partial charge in [0.25, 0.3) is 5.56 Å². The zero-order valence-electron chi connectivity index (χ0n) is 20.6. The lowest BCUT2D eigenvalue weighted by atomic mass is 10.0. The van der Waals surface area contributed by atoms with E-state index in [0.717, 1.165) is 16.3 Å². The number of carbonyl (C=O) groups excluding carboxylic acids is 2. The first kappa shape index (κ1) is 24.2. The standard InChI is InChI=1S/C29H27N3O5/c1-36-29(35)28-24-11-13-31(26(33)17-20-9-10-21-6-2-3-7-22(21)16-20)14-15-32(24)27(34)18-25(28)37-19-23-8-4-5-12-30-23/h2-10,12,16,18H,11,13-15,17,19H2,1H3. The molecule has 0 bridgehead atoms. The number of esters is 1. The van der Waals surface area contributed by atoms with Crippen LogP contribution in [0.1, 0.15) is 27.3 Å². The fourth-order valence-corrected chi connectivity index (χ4v) is 4.70. The van der Waals surface area contributed by atoms with E-state index in [9.17, 15) is 14.4 Å². The second-order valence-corrected chi connectivity index (χ2v) is 8.91. The number of amides is 1. The predicted octanol–water partition coefficient (Wildman–Crippen LogP) is 3.39. The van der Waals surface area contributed by atoms with Gasteiger partial charge in [-0.05, 0) is 28.5 Å². The van der Waals surface area contributed by atoms with Crippen LogP contribution in [0.15, 0.2) is 77.7 Å². The van der Waals surface area contributed by atoms with E-state index < -0.39 is 5.97 Å². The molecule has 1 amide bonds. The number of hydrogen-bond donors (Lipinski definition) is 0. The van der Waals surface area contributed by atoms with Gasteiger partial charge >= 0.3 is 5.97 Å². The van der Waals surface area contributed by atoms with E-state index in [0.29, 0.717) is 30.9 Å². The molecule has 0 aliphatic carbocycles. The molecular weight excluding hydrogens is 470 g/mol. The smallest absolute Gasteiger partial charge is 0.343 e. The van der Waals surface area contributed by atoms with E-state index in [1.807, 2.05) is 48.5 Å². The van der Waals surface area contributed by atoms with Gasteiger partial charge in [0.1, 0.15) is 17.9 Å². The molecule has 188 valence electrons. The van der Waals surface area contributed by atoms with Crippen molar-refractivity contribution < 1.29 is 19.1 Å². The molecule has 4 aromatic rings. The van der Waals surface area contributed by atoms with Crippen LogP contribution in [0.25, 0.3) is 10.8 Å². The number of nitrogens with zero attached hydrogens (tertiary/aromatic N) is 3. The summed E-state index contributed by atoms with van der Waals surface area (Å²) in [6.45, 7) is 1.12. The number of hydrogen-bond acceptors (Lipinski definition) is 6. The number of rotatable bonds is 6. The topological polar surface area (TPSA) is 90.7 Å². The van der Waals surface area contributed by atoms with Crippen molar-refractivity contribution >= 4 is 22.6 Å². The van der Waals surface area contributed by atoms with Gasteiger partial charge in [-0.2, -0.15) is 0 Å². The first-order valence-corrected chi connectivity index (χ1v) is 12.2. The summed E-state index contributed by atoms with van der Waals surface area (Å²) in [5, 5.41) is 2.21. The summed E-state index contributed by atoms with van der Waals surface area (Å²) in [5.74, 6) is -0.456. The maximum atomic E-state index is 13.2. The first-order valence-electron chi connectivity index (χ1n) is 12.2. The van der Waals surface area contributed by atoms with Crippen LogP contribution in [0.4, 0.5) is 0 Å². The second-order valence-electron chi connectivity index (χ2n) is 8.91. The minimum atomic E-state index is -0.587. The third kappa shape index (κ3) is 5.23. The predicted molar refractivity (Wildman–Crippen MR) is 139 cm³/mol. The van der Waals surface area contributed by atoms with Crippen LogP contribution in [0.3, 0.4) is 0 Å². The number of fused-ring (bicyclic) bond motifs is 2. The molecule has 5 rings (SSSR count). The number of ether oxygens (including phenoxy) is 2. The molecule has 0 saturated heterocycles. The average Bonchev–Trinajstić information content (AvgIpc) is 3.16. The van der Waals surface area contributed by atoms with E-state index in [1.165, 1.54) is 13.2 Å². The molecule has 2 aromatic heterocycles.